The van der Waals surface area contributed by atoms with E-state index in [9.17, 15) is 0 Å². The van der Waals surface area contributed by atoms with Crippen molar-refractivity contribution in [2.45, 2.75) is 64.6 Å². The minimum Gasteiger partial charge on any atom is -0.299 e. The monoisotopic (exact) mass is 456 g/mol. The van der Waals surface area contributed by atoms with Gasteiger partial charge in [0.15, 0.2) is 0 Å². The standard InChI is InChI=1S/C32H44N2/c1-6-11-31(9-4)33(5)25-32-29(8-3)12-10-13-30(32)19-18-27-14-16-28(17-15-27)24-34-22-20-26(7-2)21-23-34/h6,8-10,12-17,26,31H,1,3-4,7,11,18-25H2,2,5H3. The Morgan fingerprint density at radius 2 is 1.71 bits per heavy atom. The molecule has 2 heteroatoms. The summed E-state index contributed by atoms with van der Waals surface area (Å²) >= 11 is 0. The number of benzene rings is 2. The van der Waals surface area contributed by atoms with Crippen LogP contribution in [0.1, 0.15) is 60.4 Å². The van der Waals surface area contributed by atoms with Crippen molar-refractivity contribution in [2.24, 2.45) is 5.92 Å². The van der Waals surface area contributed by atoms with Crippen LogP contribution in [0.4, 0.5) is 0 Å². The second-order valence-corrected chi connectivity index (χ2v) is 9.88. The Bertz CT molecular complexity index is 919. The van der Waals surface area contributed by atoms with Crippen molar-refractivity contribution >= 4 is 6.08 Å². The normalized spacial score (nSPS) is 15.9. The second kappa shape index (κ2) is 13.5. The Hall–Kier alpha value is -2.42. The Balaban J connectivity index is 1.62. The van der Waals surface area contributed by atoms with Crippen molar-refractivity contribution in [1.82, 2.24) is 9.80 Å². The number of hydrogen-bond donors (Lipinski definition) is 0. The van der Waals surface area contributed by atoms with Gasteiger partial charge in [0.25, 0.3) is 0 Å². The molecular formula is C32H44N2. The average Bonchev–Trinajstić information content (AvgIpc) is 2.87. The molecule has 2 aromatic rings. The number of likely N-dealkylation sites (tertiary alicyclic amines) is 1. The summed E-state index contributed by atoms with van der Waals surface area (Å²) in [5, 5.41) is 0. The predicted molar refractivity (Wildman–Crippen MR) is 149 cm³/mol. The average molecular weight is 457 g/mol. The van der Waals surface area contributed by atoms with E-state index in [4.69, 9.17) is 0 Å². The molecule has 1 unspecified atom stereocenters. The van der Waals surface area contributed by atoms with Crippen LogP contribution in [0.3, 0.4) is 0 Å². The maximum Gasteiger partial charge on any atom is 0.0310 e. The van der Waals surface area contributed by atoms with Gasteiger partial charge in [-0.2, -0.15) is 0 Å². The molecule has 2 nitrogen and oxygen atoms in total. The van der Waals surface area contributed by atoms with Gasteiger partial charge < -0.3 is 0 Å². The molecule has 0 bridgehead atoms. The van der Waals surface area contributed by atoms with Crippen LogP contribution in [-0.4, -0.2) is 36.0 Å². The molecule has 1 atom stereocenters. The van der Waals surface area contributed by atoms with Crippen LogP contribution in [0, 0.1) is 5.92 Å². The summed E-state index contributed by atoms with van der Waals surface area (Å²) in [6.07, 6.45) is 13.0. The van der Waals surface area contributed by atoms with Gasteiger partial charge in [0, 0.05) is 19.1 Å². The fourth-order valence-corrected chi connectivity index (χ4v) is 5.17. The Kier molecular flexibility index (Phi) is 10.4. The van der Waals surface area contributed by atoms with Crippen LogP contribution in [0.2, 0.25) is 0 Å². The van der Waals surface area contributed by atoms with Crippen LogP contribution in [0.25, 0.3) is 6.08 Å². The first kappa shape index (κ1) is 26.2. The molecule has 0 saturated carbocycles. The molecule has 1 fully saturated rings. The number of aryl methyl sites for hydroxylation is 2. The highest BCUT2D eigenvalue weighted by atomic mass is 15.1. The molecule has 1 saturated heterocycles. The highest BCUT2D eigenvalue weighted by Gasteiger charge is 2.18. The van der Waals surface area contributed by atoms with Gasteiger partial charge in [-0.15, -0.1) is 13.2 Å². The number of nitrogens with zero attached hydrogens (tertiary/aromatic N) is 2. The zero-order chi connectivity index (χ0) is 24.3. The lowest BCUT2D eigenvalue weighted by molar-refractivity contribution is 0.175. The van der Waals surface area contributed by atoms with E-state index in [0.29, 0.717) is 6.04 Å². The summed E-state index contributed by atoms with van der Waals surface area (Å²) in [7, 11) is 2.17. The number of rotatable bonds is 13. The smallest absolute Gasteiger partial charge is 0.0310 e. The minimum absolute atomic E-state index is 0.295. The number of hydrogen-bond acceptors (Lipinski definition) is 2. The summed E-state index contributed by atoms with van der Waals surface area (Å²) < 4.78 is 0. The van der Waals surface area contributed by atoms with Crippen LogP contribution in [-0.2, 0) is 25.9 Å². The van der Waals surface area contributed by atoms with E-state index >= 15 is 0 Å². The summed E-state index contributed by atoms with van der Waals surface area (Å²) in [5.41, 5.74) is 6.87. The Labute approximate surface area is 208 Å². The predicted octanol–water partition coefficient (Wildman–Crippen LogP) is 7.30. The largest absolute Gasteiger partial charge is 0.299 e. The molecule has 0 aliphatic carbocycles. The summed E-state index contributed by atoms with van der Waals surface area (Å²) in [6.45, 7) is 18.8. The molecule has 1 aliphatic heterocycles. The van der Waals surface area contributed by atoms with Crippen molar-refractivity contribution in [3.8, 4) is 0 Å². The van der Waals surface area contributed by atoms with Gasteiger partial charge in [-0.3, -0.25) is 9.80 Å². The van der Waals surface area contributed by atoms with Gasteiger partial charge in [-0.1, -0.05) is 80.6 Å². The molecule has 34 heavy (non-hydrogen) atoms. The first-order valence-corrected chi connectivity index (χ1v) is 13.0. The highest BCUT2D eigenvalue weighted by Crippen LogP contribution is 2.23. The highest BCUT2D eigenvalue weighted by molar-refractivity contribution is 5.54. The van der Waals surface area contributed by atoms with E-state index in [0.717, 1.165) is 38.3 Å². The molecule has 0 radical (unpaired) electrons. The van der Waals surface area contributed by atoms with Crippen LogP contribution in [0.15, 0.2) is 74.4 Å². The lowest BCUT2D eigenvalue weighted by Gasteiger charge is -2.31. The van der Waals surface area contributed by atoms with Crippen LogP contribution in [0.5, 0.6) is 0 Å². The number of piperidine rings is 1. The third kappa shape index (κ3) is 7.29. The van der Waals surface area contributed by atoms with E-state index in [1.54, 1.807) is 0 Å². The van der Waals surface area contributed by atoms with Gasteiger partial charge >= 0.3 is 0 Å². The molecule has 0 spiro atoms. The molecule has 1 heterocycles. The van der Waals surface area contributed by atoms with Crippen LogP contribution < -0.4 is 0 Å². The maximum absolute atomic E-state index is 4.07. The molecular weight excluding hydrogens is 412 g/mol. The van der Waals surface area contributed by atoms with Gasteiger partial charge in [0.05, 0.1) is 0 Å². The van der Waals surface area contributed by atoms with Crippen molar-refractivity contribution in [2.75, 3.05) is 20.1 Å². The fourth-order valence-electron chi connectivity index (χ4n) is 5.17. The van der Waals surface area contributed by atoms with Crippen LogP contribution >= 0.6 is 0 Å². The first-order valence-electron chi connectivity index (χ1n) is 13.0. The molecule has 0 aromatic heterocycles. The van der Waals surface area contributed by atoms with E-state index in [2.05, 4.69) is 86.0 Å². The summed E-state index contributed by atoms with van der Waals surface area (Å²) in [6, 6.07) is 16.2. The van der Waals surface area contributed by atoms with E-state index < -0.39 is 0 Å². The van der Waals surface area contributed by atoms with Crippen molar-refractivity contribution < 1.29 is 0 Å². The first-order chi connectivity index (χ1) is 16.6. The van der Waals surface area contributed by atoms with E-state index in [1.165, 1.54) is 60.2 Å². The Morgan fingerprint density at radius 1 is 1.00 bits per heavy atom. The zero-order valence-corrected chi connectivity index (χ0v) is 21.5. The quantitative estimate of drug-likeness (QED) is 0.292. The van der Waals surface area contributed by atoms with E-state index in [1.807, 2.05) is 18.2 Å². The molecule has 3 rings (SSSR count). The summed E-state index contributed by atoms with van der Waals surface area (Å²) in [5.74, 6) is 0.938. The second-order valence-electron chi connectivity index (χ2n) is 9.88. The Morgan fingerprint density at radius 3 is 2.32 bits per heavy atom. The molecule has 182 valence electrons. The van der Waals surface area contributed by atoms with Gasteiger partial charge in [0.2, 0.25) is 0 Å². The molecule has 0 amide bonds. The number of likely N-dealkylation sites (N-methyl/N-ethyl adjacent to an activating group) is 1. The van der Waals surface area contributed by atoms with Crippen molar-refractivity contribution in [3.63, 3.8) is 0 Å². The lowest BCUT2D eigenvalue weighted by Crippen LogP contribution is -2.32. The topological polar surface area (TPSA) is 6.48 Å². The van der Waals surface area contributed by atoms with Gasteiger partial charge in [-0.05, 0) is 86.0 Å². The molecule has 2 aromatic carbocycles. The fraction of sp³-hybridized carbons (Fsp3) is 0.438. The summed E-state index contributed by atoms with van der Waals surface area (Å²) in [4.78, 5) is 4.98. The minimum atomic E-state index is 0.295. The third-order valence-electron chi connectivity index (χ3n) is 7.58. The van der Waals surface area contributed by atoms with Gasteiger partial charge in [-0.25, -0.2) is 0 Å². The van der Waals surface area contributed by atoms with Gasteiger partial charge in [0.1, 0.15) is 0 Å². The van der Waals surface area contributed by atoms with Crippen molar-refractivity contribution in [3.05, 3.63) is 102 Å². The lowest BCUT2D eigenvalue weighted by atomic mass is 9.94. The molecule has 1 aliphatic rings. The maximum atomic E-state index is 4.07. The van der Waals surface area contributed by atoms with Crippen molar-refractivity contribution in [1.29, 1.82) is 0 Å². The SMILES string of the molecule is C=CCC(C=C)N(C)Cc1c(C=C)cccc1CCc1ccc(CN2CCC(CC)CC2)cc1. The third-order valence-corrected chi connectivity index (χ3v) is 7.58. The van der Waals surface area contributed by atoms with E-state index in [-0.39, 0.29) is 0 Å². The zero-order valence-electron chi connectivity index (χ0n) is 21.5. The molecule has 0 N–H and O–H groups in total.